The molecule has 1 aromatic carbocycles. The molecule has 138 valence electrons. The number of ether oxygens (including phenoxy) is 2. The molecule has 0 radical (unpaired) electrons. The number of rotatable bonds is 4. The Hall–Kier alpha value is -2.34. The second kappa shape index (κ2) is 7.11. The third kappa shape index (κ3) is 3.60. The normalized spacial score (nSPS) is 25.5. The molecule has 26 heavy (non-hydrogen) atoms. The molecule has 0 aliphatic carbocycles. The van der Waals surface area contributed by atoms with Gasteiger partial charge < -0.3 is 19.7 Å². The van der Waals surface area contributed by atoms with Gasteiger partial charge in [0.25, 0.3) is 0 Å². The lowest BCUT2D eigenvalue weighted by Gasteiger charge is -2.39. The van der Waals surface area contributed by atoms with Gasteiger partial charge in [0.1, 0.15) is 5.75 Å². The topological polar surface area (TPSA) is 59.5 Å². The lowest BCUT2D eigenvalue weighted by atomic mass is 9.89. The maximum absolute atomic E-state index is 6.30. The zero-order valence-electron chi connectivity index (χ0n) is 15.4. The molecule has 2 aromatic rings. The van der Waals surface area contributed by atoms with Crippen molar-refractivity contribution >= 4 is 11.6 Å². The smallest absolute Gasteiger partial charge is 0.225 e. The van der Waals surface area contributed by atoms with Gasteiger partial charge in [0.05, 0.1) is 25.4 Å². The summed E-state index contributed by atoms with van der Waals surface area (Å²) in [5.74, 6) is 1.68. The predicted octanol–water partition coefficient (Wildman–Crippen LogP) is 3.03. The van der Waals surface area contributed by atoms with Gasteiger partial charge in [-0.1, -0.05) is 0 Å². The van der Waals surface area contributed by atoms with Crippen LogP contribution in [-0.4, -0.2) is 48.4 Å². The first-order chi connectivity index (χ1) is 12.7. The first-order valence-corrected chi connectivity index (χ1v) is 9.24. The van der Waals surface area contributed by atoms with Crippen LogP contribution in [-0.2, 0) is 4.74 Å². The van der Waals surface area contributed by atoms with Crippen molar-refractivity contribution in [1.82, 2.24) is 9.97 Å². The molecule has 0 bridgehead atoms. The molecule has 4 rings (SSSR count). The van der Waals surface area contributed by atoms with E-state index >= 15 is 0 Å². The maximum Gasteiger partial charge on any atom is 0.225 e. The fourth-order valence-electron chi connectivity index (χ4n) is 3.96. The summed E-state index contributed by atoms with van der Waals surface area (Å²) >= 11 is 0. The molecule has 0 amide bonds. The summed E-state index contributed by atoms with van der Waals surface area (Å²) in [4.78, 5) is 11.2. The molecule has 3 heterocycles. The summed E-state index contributed by atoms with van der Waals surface area (Å²) in [6, 6.07) is 8.38. The van der Waals surface area contributed by atoms with E-state index in [2.05, 4.69) is 32.3 Å². The molecule has 6 heteroatoms. The van der Waals surface area contributed by atoms with Crippen molar-refractivity contribution in [1.29, 1.82) is 0 Å². The molecule has 2 saturated heterocycles. The Morgan fingerprint density at radius 1 is 1.23 bits per heavy atom. The highest BCUT2D eigenvalue weighted by atomic mass is 16.5. The van der Waals surface area contributed by atoms with Crippen molar-refractivity contribution in [2.45, 2.75) is 37.8 Å². The van der Waals surface area contributed by atoms with Crippen LogP contribution < -0.4 is 15.0 Å². The van der Waals surface area contributed by atoms with Gasteiger partial charge in [-0.15, -0.1) is 0 Å². The minimum absolute atomic E-state index is 0.101. The molecular formula is C20H26N4O2. The van der Waals surface area contributed by atoms with E-state index < -0.39 is 0 Å². The quantitative estimate of drug-likeness (QED) is 0.911. The number of methoxy groups -OCH3 is 1. The second-order valence-corrected chi connectivity index (χ2v) is 7.35. The second-order valence-electron chi connectivity index (χ2n) is 7.35. The molecule has 2 atom stereocenters. The van der Waals surface area contributed by atoms with E-state index in [4.69, 9.17) is 9.47 Å². The van der Waals surface area contributed by atoms with Crippen LogP contribution in [0, 0.1) is 6.92 Å². The number of hydrogen-bond acceptors (Lipinski definition) is 6. The third-order valence-corrected chi connectivity index (χ3v) is 5.26. The number of aromatic nitrogens is 2. The molecule has 1 aromatic heterocycles. The minimum Gasteiger partial charge on any atom is -0.497 e. The highest BCUT2D eigenvalue weighted by molar-refractivity contribution is 5.47. The maximum atomic E-state index is 6.30. The summed E-state index contributed by atoms with van der Waals surface area (Å²) < 4.78 is 11.5. The van der Waals surface area contributed by atoms with Gasteiger partial charge >= 0.3 is 0 Å². The van der Waals surface area contributed by atoms with Gasteiger partial charge in [0, 0.05) is 37.6 Å². The van der Waals surface area contributed by atoms with Crippen LogP contribution in [0.15, 0.2) is 36.7 Å². The number of nitrogens with zero attached hydrogens (tertiary/aromatic N) is 3. The number of piperidine rings is 1. The lowest BCUT2D eigenvalue weighted by molar-refractivity contribution is -0.00668. The van der Waals surface area contributed by atoms with Crippen LogP contribution in [0.4, 0.5) is 11.6 Å². The summed E-state index contributed by atoms with van der Waals surface area (Å²) in [6.45, 7) is 4.59. The van der Waals surface area contributed by atoms with Crippen molar-refractivity contribution in [3.05, 3.63) is 42.2 Å². The van der Waals surface area contributed by atoms with Crippen molar-refractivity contribution in [3.63, 3.8) is 0 Å². The molecule has 0 unspecified atom stereocenters. The fourth-order valence-corrected chi connectivity index (χ4v) is 3.96. The van der Waals surface area contributed by atoms with Gasteiger partial charge in [-0.25, -0.2) is 9.97 Å². The van der Waals surface area contributed by atoms with Crippen LogP contribution in [0.25, 0.3) is 0 Å². The van der Waals surface area contributed by atoms with Crippen molar-refractivity contribution in [2.75, 3.05) is 37.0 Å². The van der Waals surface area contributed by atoms with Gasteiger partial charge in [0.2, 0.25) is 5.95 Å². The minimum atomic E-state index is -0.101. The SMILES string of the molecule is COc1ccc(N[C@@H]2CO[C@]3(CCCN(c4ncc(C)cn4)C3)C2)cc1. The largest absolute Gasteiger partial charge is 0.497 e. The third-order valence-electron chi connectivity index (χ3n) is 5.26. The monoisotopic (exact) mass is 354 g/mol. The summed E-state index contributed by atoms with van der Waals surface area (Å²) in [5.41, 5.74) is 2.09. The van der Waals surface area contributed by atoms with Gasteiger partial charge in [-0.05, 0) is 49.6 Å². The Balaban J connectivity index is 1.40. The van der Waals surface area contributed by atoms with Gasteiger partial charge in [0.15, 0.2) is 0 Å². The zero-order chi connectivity index (χ0) is 18.0. The average Bonchev–Trinajstić information content (AvgIpc) is 3.04. The molecular weight excluding hydrogens is 328 g/mol. The average molecular weight is 354 g/mol. The number of nitrogens with one attached hydrogen (secondary N) is 1. The van der Waals surface area contributed by atoms with Crippen LogP contribution in [0.3, 0.4) is 0 Å². The van der Waals surface area contributed by atoms with Crippen LogP contribution in [0.5, 0.6) is 5.75 Å². The van der Waals surface area contributed by atoms with E-state index in [1.807, 2.05) is 31.5 Å². The number of benzene rings is 1. The van der Waals surface area contributed by atoms with Crippen LogP contribution in [0.2, 0.25) is 0 Å². The Kier molecular flexibility index (Phi) is 4.68. The lowest BCUT2D eigenvalue weighted by Crippen LogP contribution is -2.48. The molecule has 2 aliphatic heterocycles. The van der Waals surface area contributed by atoms with Gasteiger partial charge in [-0.3, -0.25) is 0 Å². The van der Waals surface area contributed by atoms with Crippen molar-refractivity contribution < 1.29 is 9.47 Å². The fraction of sp³-hybridized carbons (Fsp3) is 0.500. The van der Waals surface area contributed by atoms with E-state index in [1.165, 1.54) is 0 Å². The summed E-state index contributed by atoms with van der Waals surface area (Å²) in [6.07, 6.45) is 6.96. The number of anilines is 2. The van der Waals surface area contributed by atoms with E-state index in [0.29, 0.717) is 6.04 Å². The predicted molar refractivity (Wildman–Crippen MR) is 102 cm³/mol. The summed E-state index contributed by atoms with van der Waals surface area (Å²) in [7, 11) is 1.68. The van der Waals surface area contributed by atoms with Crippen LogP contribution >= 0.6 is 0 Å². The molecule has 0 saturated carbocycles. The molecule has 1 N–H and O–H groups in total. The van der Waals surface area contributed by atoms with Crippen molar-refractivity contribution in [3.8, 4) is 5.75 Å². The van der Waals surface area contributed by atoms with Crippen molar-refractivity contribution in [2.24, 2.45) is 0 Å². The highest BCUT2D eigenvalue weighted by Crippen LogP contribution is 2.36. The van der Waals surface area contributed by atoms with Gasteiger partial charge in [-0.2, -0.15) is 0 Å². The Morgan fingerprint density at radius 2 is 2.00 bits per heavy atom. The van der Waals surface area contributed by atoms with E-state index in [-0.39, 0.29) is 5.60 Å². The molecule has 6 nitrogen and oxygen atoms in total. The standard InChI is InChI=1S/C20H26N4O2/c1-15-11-21-19(22-12-15)24-9-3-8-20(14-24)10-17(13-26-20)23-16-4-6-18(25-2)7-5-16/h4-7,11-12,17,23H,3,8-10,13-14H2,1-2H3/t17-,20+/m0/s1. The summed E-state index contributed by atoms with van der Waals surface area (Å²) in [5, 5.41) is 3.60. The van der Waals surface area contributed by atoms with Crippen LogP contribution in [0.1, 0.15) is 24.8 Å². The molecule has 2 aliphatic rings. The van der Waals surface area contributed by atoms with E-state index in [0.717, 1.165) is 61.9 Å². The van der Waals surface area contributed by atoms with E-state index in [9.17, 15) is 0 Å². The molecule has 2 fully saturated rings. The first-order valence-electron chi connectivity index (χ1n) is 9.24. The van der Waals surface area contributed by atoms with E-state index in [1.54, 1.807) is 7.11 Å². The Bertz CT molecular complexity index is 734. The molecule has 1 spiro atoms. The number of aryl methyl sites for hydroxylation is 1. The highest BCUT2D eigenvalue weighted by Gasteiger charge is 2.44. The first kappa shape index (κ1) is 17.1. The zero-order valence-corrected chi connectivity index (χ0v) is 15.4. The Labute approximate surface area is 154 Å². The Morgan fingerprint density at radius 3 is 2.73 bits per heavy atom. The number of hydrogen-bond donors (Lipinski definition) is 1.